The number of fused-ring (bicyclic) bond motifs is 1. The highest BCUT2D eigenvalue weighted by molar-refractivity contribution is 6.16. The number of carbonyl (C=O) groups is 1. The molecular weight excluding hydrogens is 252 g/mol. The van der Waals surface area contributed by atoms with Crippen molar-refractivity contribution in [1.29, 1.82) is 0 Å². The van der Waals surface area contributed by atoms with Gasteiger partial charge < -0.3 is 9.88 Å². The minimum atomic E-state index is 0.116. The van der Waals surface area contributed by atoms with Gasteiger partial charge in [-0.05, 0) is 12.5 Å². The van der Waals surface area contributed by atoms with Crippen LogP contribution in [0, 0.1) is 0 Å². The van der Waals surface area contributed by atoms with Crippen LogP contribution >= 0.6 is 11.6 Å². The van der Waals surface area contributed by atoms with Crippen LogP contribution in [-0.4, -0.2) is 27.0 Å². The molecule has 0 spiro atoms. The molecule has 1 unspecified atom stereocenters. The van der Waals surface area contributed by atoms with Crippen molar-refractivity contribution in [3.63, 3.8) is 0 Å². The van der Waals surface area contributed by atoms with E-state index < -0.39 is 0 Å². The van der Waals surface area contributed by atoms with Crippen molar-refractivity contribution >= 4 is 28.5 Å². The zero-order valence-corrected chi connectivity index (χ0v) is 10.5. The highest BCUT2D eigenvalue weighted by Crippen LogP contribution is 2.25. The van der Waals surface area contributed by atoms with Gasteiger partial charge in [-0.15, -0.1) is 11.6 Å². The average Bonchev–Trinajstić information content (AvgIpc) is 2.78. The number of nitrogens with zero attached hydrogens (tertiary/aromatic N) is 3. The maximum absolute atomic E-state index is 11.2. The molecule has 3 rings (SSSR count). The van der Waals surface area contributed by atoms with E-state index >= 15 is 0 Å². The summed E-state index contributed by atoms with van der Waals surface area (Å²) in [4.78, 5) is 19.8. The van der Waals surface area contributed by atoms with E-state index in [0.29, 0.717) is 18.8 Å². The Labute approximate surface area is 109 Å². The number of aromatic nitrogens is 3. The number of halogens is 1. The van der Waals surface area contributed by atoms with E-state index in [4.69, 9.17) is 11.6 Å². The summed E-state index contributed by atoms with van der Waals surface area (Å²) >= 11 is 5.96. The van der Waals surface area contributed by atoms with Gasteiger partial charge in [-0.1, -0.05) is 0 Å². The number of alkyl halides is 1. The minimum Gasteiger partial charge on any atom is -0.354 e. The molecule has 1 amide bonds. The van der Waals surface area contributed by atoms with Crippen LogP contribution in [0.2, 0.25) is 0 Å². The standard InChI is InChI=1S/C12H13ClN4O/c13-5-11-16-9-7-14-4-3-10(9)17(11)8-1-2-12(18)15-6-8/h3-4,7-8H,1-2,5-6H2,(H,15,18). The lowest BCUT2D eigenvalue weighted by atomic mass is 10.1. The maximum atomic E-state index is 11.2. The summed E-state index contributed by atoms with van der Waals surface area (Å²) in [5, 5.41) is 2.89. The highest BCUT2D eigenvalue weighted by atomic mass is 35.5. The van der Waals surface area contributed by atoms with Gasteiger partial charge in [-0.3, -0.25) is 9.78 Å². The smallest absolute Gasteiger partial charge is 0.220 e. The quantitative estimate of drug-likeness (QED) is 0.839. The molecule has 5 nitrogen and oxygen atoms in total. The predicted molar refractivity (Wildman–Crippen MR) is 68.4 cm³/mol. The predicted octanol–water partition coefficient (Wildman–Crippen LogP) is 1.62. The Morgan fingerprint density at radius 3 is 3.17 bits per heavy atom. The number of nitrogens with one attached hydrogen (secondary N) is 1. The molecule has 18 heavy (non-hydrogen) atoms. The first-order valence-corrected chi connectivity index (χ1v) is 6.46. The molecule has 0 saturated carbocycles. The van der Waals surface area contributed by atoms with E-state index in [1.807, 2.05) is 6.07 Å². The molecule has 0 aliphatic carbocycles. The Morgan fingerprint density at radius 2 is 2.44 bits per heavy atom. The maximum Gasteiger partial charge on any atom is 0.220 e. The fourth-order valence-corrected chi connectivity index (χ4v) is 2.63. The normalized spacial score (nSPS) is 20.1. The first kappa shape index (κ1) is 11.5. The van der Waals surface area contributed by atoms with Crippen LogP contribution in [0.3, 0.4) is 0 Å². The highest BCUT2D eigenvalue weighted by Gasteiger charge is 2.23. The van der Waals surface area contributed by atoms with Gasteiger partial charge in [-0.2, -0.15) is 0 Å². The molecule has 0 bridgehead atoms. The first-order valence-electron chi connectivity index (χ1n) is 5.93. The summed E-state index contributed by atoms with van der Waals surface area (Å²) in [6.45, 7) is 0.635. The first-order chi connectivity index (χ1) is 8.79. The van der Waals surface area contributed by atoms with Crippen LogP contribution in [0.5, 0.6) is 0 Å². The number of rotatable bonds is 2. The van der Waals surface area contributed by atoms with E-state index in [9.17, 15) is 4.79 Å². The number of imidazole rings is 1. The van der Waals surface area contributed by atoms with Crippen LogP contribution in [0.15, 0.2) is 18.5 Å². The van der Waals surface area contributed by atoms with E-state index in [1.165, 1.54) is 0 Å². The lowest BCUT2D eigenvalue weighted by Crippen LogP contribution is -2.36. The molecule has 6 heteroatoms. The van der Waals surface area contributed by atoms with Gasteiger partial charge in [-0.25, -0.2) is 4.98 Å². The second-order valence-electron chi connectivity index (χ2n) is 4.39. The molecule has 1 N–H and O–H groups in total. The van der Waals surface area contributed by atoms with Crippen molar-refractivity contribution in [2.75, 3.05) is 6.54 Å². The van der Waals surface area contributed by atoms with Gasteiger partial charge in [0, 0.05) is 19.2 Å². The number of piperidine rings is 1. The Morgan fingerprint density at radius 1 is 1.56 bits per heavy atom. The molecule has 0 radical (unpaired) electrons. The van der Waals surface area contributed by atoms with Crippen molar-refractivity contribution in [2.24, 2.45) is 0 Å². The van der Waals surface area contributed by atoms with Gasteiger partial charge in [0.05, 0.1) is 23.6 Å². The summed E-state index contributed by atoms with van der Waals surface area (Å²) < 4.78 is 2.13. The average molecular weight is 265 g/mol. The third-order valence-corrected chi connectivity index (χ3v) is 3.53. The van der Waals surface area contributed by atoms with Gasteiger partial charge in [0.1, 0.15) is 11.3 Å². The Hall–Kier alpha value is -1.62. The molecule has 1 atom stereocenters. The fraction of sp³-hybridized carbons (Fsp3) is 0.417. The lowest BCUT2D eigenvalue weighted by Gasteiger charge is -2.25. The second kappa shape index (κ2) is 4.57. The van der Waals surface area contributed by atoms with Crippen LogP contribution in [0.1, 0.15) is 24.7 Å². The topological polar surface area (TPSA) is 59.8 Å². The Kier molecular flexibility index (Phi) is 2.91. The van der Waals surface area contributed by atoms with E-state index in [2.05, 4.69) is 19.9 Å². The van der Waals surface area contributed by atoms with Crippen molar-refractivity contribution < 1.29 is 4.79 Å². The van der Waals surface area contributed by atoms with Crippen molar-refractivity contribution in [2.45, 2.75) is 24.8 Å². The Bertz CT molecular complexity index is 585. The van der Waals surface area contributed by atoms with Gasteiger partial charge >= 0.3 is 0 Å². The lowest BCUT2D eigenvalue weighted by molar-refractivity contribution is -0.122. The van der Waals surface area contributed by atoms with Crippen molar-refractivity contribution in [1.82, 2.24) is 19.9 Å². The monoisotopic (exact) mass is 264 g/mol. The molecule has 1 fully saturated rings. The Balaban J connectivity index is 2.06. The van der Waals surface area contributed by atoms with Gasteiger partial charge in [0.25, 0.3) is 0 Å². The molecular formula is C12H13ClN4O. The number of hydrogen-bond donors (Lipinski definition) is 1. The fourth-order valence-electron chi connectivity index (χ4n) is 2.44. The molecule has 2 aromatic heterocycles. The minimum absolute atomic E-state index is 0.116. The second-order valence-corrected chi connectivity index (χ2v) is 4.66. The van der Waals surface area contributed by atoms with E-state index in [-0.39, 0.29) is 11.9 Å². The van der Waals surface area contributed by atoms with E-state index in [1.54, 1.807) is 12.4 Å². The number of hydrogen-bond acceptors (Lipinski definition) is 3. The summed E-state index contributed by atoms with van der Waals surface area (Å²) in [6, 6.07) is 2.17. The zero-order valence-electron chi connectivity index (χ0n) is 9.77. The molecule has 1 aliphatic heterocycles. The summed E-state index contributed by atoms with van der Waals surface area (Å²) in [7, 11) is 0. The van der Waals surface area contributed by atoms with Crippen molar-refractivity contribution in [3.05, 3.63) is 24.3 Å². The third-order valence-electron chi connectivity index (χ3n) is 3.29. The van der Waals surface area contributed by atoms with Crippen LogP contribution < -0.4 is 5.32 Å². The SMILES string of the molecule is O=C1CCC(n2c(CCl)nc3cnccc32)CN1. The van der Waals surface area contributed by atoms with Gasteiger partial charge in [0.2, 0.25) is 5.91 Å². The third kappa shape index (κ3) is 1.84. The van der Waals surface area contributed by atoms with Crippen LogP contribution in [0.25, 0.3) is 11.0 Å². The van der Waals surface area contributed by atoms with Crippen LogP contribution in [0.4, 0.5) is 0 Å². The molecule has 3 heterocycles. The van der Waals surface area contributed by atoms with Crippen molar-refractivity contribution in [3.8, 4) is 0 Å². The molecule has 1 saturated heterocycles. The van der Waals surface area contributed by atoms with Crippen LogP contribution in [-0.2, 0) is 10.7 Å². The molecule has 2 aromatic rings. The molecule has 0 aromatic carbocycles. The number of carbonyl (C=O) groups excluding carboxylic acids is 1. The molecule has 1 aliphatic rings. The summed E-state index contributed by atoms with van der Waals surface area (Å²) in [6.07, 6.45) is 4.86. The summed E-state index contributed by atoms with van der Waals surface area (Å²) in [5.41, 5.74) is 1.88. The zero-order chi connectivity index (χ0) is 12.5. The largest absolute Gasteiger partial charge is 0.354 e. The molecule has 94 valence electrons. The number of amides is 1. The number of pyridine rings is 1. The van der Waals surface area contributed by atoms with E-state index in [0.717, 1.165) is 23.3 Å². The summed E-state index contributed by atoms with van der Waals surface area (Å²) in [5.74, 6) is 1.31. The van der Waals surface area contributed by atoms with Gasteiger partial charge in [0.15, 0.2) is 0 Å².